The molecule has 0 amide bonds. The Labute approximate surface area is 125 Å². The zero-order valence-corrected chi connectivity index (χ0v) is 14.0. The zero-order valence-electron chi connectivity index (χ0n) is 14.0. The van der Waals surface area contributed by atoms with E-state index in [1.54, 1.807) is 5.57 Å². The number of rotatable bonds is 1. The molecule has 0 bridgehead atoms. The fourth-order valence-corrected chi connectivity index (χ4v) is 5.92. The Morgan fingerprint density at radius 2 is 1.90 bits per heavy atom. The zero-order chi connectivity index (χ0) is 14.6. The molecule has 112 valence electrons. The molecule has 4 atom stereocenters. The van der Waals surface area contributed by atoms with Crippen LogP contribution in [-0.2, 0) is 0 Å². The molecule has 0 heteroatoms. The van der Waals surface area contributed by atoms with E-state index in [0.717, 1.165) is 11.8 Å². The highest BCUT2D eigenvalue weighted by molar-refractivity contribution is 5.24. The molecule has 0 aromatic carbocycles. The number of hydrogen-bond donors (Lipinski definition) is 0. The molecule has 2 saturated carbocycles. The highest BCUT2D eigenvalue weighted by Crippen LogP contribution is 2.63. The van der Waals surface area contributed by atoms with Crippen molar-refractivity contribution in [2.45, 2.75) is 72.6 Å². The first-order valence-electron chi connectivity index (χ1n) is 8.63. The summed E-state index contributed by atoms with van der Waals surface area (Å²) in [6.07, 6.45) is 14.5. The molecule has 20 heavy (non-hydrogen) atoms. The van der Waals surface area contributed by atoms with Crippen LogP contribution >= 0.6 is 0 Å². The van der Waals surface area contributed by atoms with Gasteiger partial charge in [0.05, 0.1) is 0 Å². The average molecular weight is 272 g/mol. The predicted octanol–water partition coefficient (Wildman–Crippen LogP) is 6.14. The topological polar surface area (TPSA) is 0 Å². The normalized spacial score (nSPS) is 46.9. The molecular formula is C20H32. The van der Waals surface area contributed by atoms with Gasteiger partial charge in [-0.1, -0.05) is 51.8 Å². The molecule has 3 aliphatic carbocycles. The van der Waals surface area contributed by atoms with Crippen molar-refractivity contribution < 1.29 is 0 Å². The molecule has 0 saturated heterocycles. The van der Waals surface area contributed by atoms with Crippen molar-refractivity contribution in [2.24, 2.45) is 28.1 Å². The second kappa shape index (κ2) is 4.49. The lowest BCUT2D eigenvalue weighted by Gasteiger charge is -2.59. The summed E-state index contributed by atoms with van der Waals surface area (Å²) >= 11 is 0. The van der Waals surface area contributed by atoms with Crippen LogP contribution in [0.1, 0.15) is 72.6 Å². The van der Waals surface area contributed by atoms with Gasteiger partial charge in [0.25, 0.3) is 0 Å². The van der Waals surface area contributed by atoms with E-state index < -0.39 is 0 Å². The summed E-state index contributed by atoms with van der Waals surface area (Å²) < 4.78 is 0. The molecule has 3 aliphatic rings. The molecule has 0 aliphatic heterocycles. The van der Waals surface area contributed by atoms with E-state index in [2.05, 4.69) is 46.4 Å². The largest absolute Gasteiger partial charge is 0.103 e. The Hall–Kier alpha value is -0.520. The summed E-state index contributed by atoms with van der Waals surface area (Å²) in [4.78, 5) is 0. The molecule has 4 unspecified atom stereocenters. The van der Waals surface area contributed by atoms with Crippen molar-refractivity contribution in [1.82, 2.24) is 0 Å². The summed E-state index contributed by atoms with van der Waals surface area (Å²) in [5, 5.41) is 0. The van der Waals surface area contributed by atoms with Gasteiger partial charge in [-0.3, -0.25) is 0 Å². The van der Waals surface area contributed by atoms with Gasteiger partial charge in [0.15, 0.2) is 0 Å². The maximum absolute atomic E-state index is 4.09. The molecule has 0 N–H and O–H groups in total. The summed E-state index contributed by atoms with van der Waals surface area (Å²) in [5.41, 5.74) is 3.23. The Morgan fingerprint density at radius 3 is 2.60 bits per heavy atom. The lowest BCUT2D eigenvalue weighted by molar-refractivity contribution is -0.0489. The third-order valence-corrected chi connectivity index (χ3v) is 7.24. The van der Waals surface area contributed by atoms with Gasteiger partial charge in [-0.2, -0.15) is 0 Å². The van der Waals surface area contributed by atoms with E-state index in [0.29, 0.717) is 16.2 Å². The Balaban J connectivity index is 1.94. The van der Waals surface area contributed by atoms with Gasteiger partial charge in [0, 0.05) is 0 Å². The van der Waals surface area contributed by atoms with Crippen molar-refractivity contribution in [2.75, 3.05) is 0 Å². The van der Waals surface area contributed by atoms with Crippen molar-refractivity contribution >= 4 is 0 Å². The number of hydrogen-bond acceptors (Lipinski definition) is 0. The summed E-state index contributed by atoms with van der Waals surface area (Å²) in [6.45, 7) is 14.1. The van der Waals surface area contributed by atoms with Crippen LogP contribution in [0.3, 0.4) is 0 Å². The first-order valence-corrected chi connectivity index (χ1v) is 8.63. The quantitative estimate of drug-likeness (QED) is 0.503. The Bertz CT molecular complexity index is 441. The predicted molar refractivity (Wildman–Crippen MR) is 87.6 cm³/mol. The maximum atomic E-state index is 4.09. The average Bonchev–Trinajstić information content (AvgIpc) is 2.37. The molecule has 0 nitrogen and oxygen atoms in total. The van der Waals surface area contributed by atoms with Crippen molar-refractivity contribution in [3.8, 4) is 0 Å². The van der Waals surface area contributed by atoms with Crippen LogP contribution < -0.4 is 0 Å². The fourth-order valence-electron chi connectivity index (χ4n) is 5.92. The van der Waals surface area contributed by atoms with E-state index in [-0.39, 0.29) is 0 Å². The Morgan fingerprint density at radius 1 is 1.15 bits per heavy atom. The molecular weight excluding hydrogens is 240 g/mol. The fraction of sp³-hybridized carbons (Fsp3) is 0.800. The third-order valence-electron chi connectivity index (χ3n) is 7.24. The molecule has 0 radical (unpaired) electrons. The Kier molecular flexibility index (Phi) is 3.23. The third kappa shape index (κ3) is 2.02. The molecule has 3 rings (SSSR count). The van der Waals surface area contributed by atoms with Gasteiger partial charge in [0.1, 0.15) is 0 Å². The molecule has 0 aromatic rings. The minimum atomic E-state index is 0.357. The van der Waals surface area contributed by atoms with Crippen LogP contribution in [0.25, 0.3) is 0 Å². The highest BCUT2D eigenvalue weighted by atomic mass is 14.6. The van der Waals surface area contributed by atoms with Gasteiger partial charge >= 0.3 is 0 Å². The van der Waals surface area contributed by atoms with Crippen LogP contribution in [0.4, 0.5) is 0 Å². The summed E-state index contributed by atoms with van der Waals surface area (Å²) in [6, 6.07) is 0. The van der Waals surface area contributed by atoms with Crippen LogP contribution in [0.5, 0.6) is 0 Å². The van der Waals surface area contributed by atoms with E-state index in [1.165, 1.54) is 44.9 Å². The van der Waals surface area contributed by atoms with Gasteiger partial charge < -0.3 is 0 Å². The minimum absolute atomic E-state index is 0.357. The van der Waals surface area contributed by atoms with Crippen molar-refractivity contribution in [3.63, 3.8) is 0 Å². The minimum Gasteiger partial charge on any atom is -0.103 e. The lowest BCUT2D eigenvalue weighted by Crippen LogP contribution is -2.50. The second-order valence-electron chi connectivity index (χ2n) is 9.04. The van der Waals surface area contributed by atoms with Gasteiger partial charge in [-0.15, -0.1) is 6.58 Å². The smallest absolute Gasteiger partial charge is 0.0112 e. The van der Waals surface area contributed by atoms with Crippen LogP contribution in [0.15, 0.2) is 24.3 Å². The molecule has 0 spiro atoms. The first-order chi connectivity index (χ1) is 9.31. The van der Waals surface area contributed by atoms with Crippen LogP contribution in [0.2, 0.25) is 0 Å². The highest BCUT2D eigenvalue weighted by Gasteiger charge is 2.53. The number of fused-ring (bicyclic) bond motifs is 3. The van der Waals surface area contributed by atoms with Gasteiger partial charge in [0.2, 0.25) is 0 Å². The SMILES string of the molecule is C=CC1(C)CCC2C(=CCC3C(C)(C)CCCC23C)C1. The molecule has 0 aromatic heterocycles. The van der Waals surface area contributed by atoms with E-state index >= 15 is 0 Å². The van der Waals surface area contributed by atoms with E-state index in [4.69, 9.17) is 0 Å². The maximum Gasteiger partial charge on any atom is -0.0112 e. The standard InChI is InChI=1S/C20H32/c1-6-19(4)13-10-16-15(14-19)8-9-17-18(2,3)11-7-12-20(16,17)5/h6,8,16-17H,1,7,9-14H2,2-5H3. The van der Waals surface area contributed by atoms with Gasteiger partial charge in [-0.05, 0) is 66.6 Å². The number of allylic oxidation sites excluding steroid dienone is 3. The molecule has 0 heterocycles. The monoisotopic (exact) mass is 272 g/mol. The van der Waals surface area contributed by atoms with Crippen LogP contribution in [0, 0.1) is 28.1 Å². The summed E-state index contributed by atoms with van der Waals surface area (Å²) in [5.74, 6) is 1.75. The summed E-state index contributed by atoms with van der Waals surface area (Å²) in [7, 11) is 0. The van der Waals surface area contributed by atoms with Gasteiger partial charge in [-0.25, -0.2) is 0 Å². The first kappa shape index (κ1) is 14.4. The van der Waals surface area contributed by atoms with E-state index in [1.807, 2.05) is 0 Å². The lowest BCUT2D eigenvalue weighted by atomic mass is 9.46. The molecule has 2 fully saturated rings. The van der Waals surface area contributed by atoms with Crippen LogP contribution in [-0.4, -0.2) is 0 Å². The second-order valence-corrected chi connectivity index (χ2v) is 9.04. The van der Waals surface area contributed by atoms with E-state index in [9.17, 15) is 0 Å². The van der Waals surface area contributed by atoms with Crippen molar-refractivity contribution in [3.05, 3.63) is 24.3 Å². The van der Waals surface area contributed by atoms with Crippen molar-refractivity contribution in [1.29, 1.82) is 0 Å².